The number of piperidine rings is 1. The van der Waals surface area contributed by atoms with E-state index in [9.17, 15) is 8.42 Å². The van der Waals surface area contributed by atoms with Gasteiger partial charge in [-0.05, 0) is 49.1 Å². The van der Waals surface area contributed by atoms with Gasteiger partial charge in [0.1, 0.15) is 5.75 Å². The molecule has 5 nitrogen and oxygen atoms in total. The Morgan fingerprint density at radius 2 is 1.78 bits per heavy atom. The number of nitrogens with zero attached hydrogens (tertiary/aromatic N) is 1. The topological polar surface area (TPSA) is 58.6 Å². The van der Waals surface area contributed by atoms with Gasteiger partial charge in [-0.1, -0.05) is 36.8 Å². The van der Waals surface area contributed by atoms with Crippen LogP contribution < -0.4 is 10.1 Å². The second kappa shape index (κ2) is 9.35. The van der Waals surface area contributed by atoms with Crippen molar-refractivity contribution in [1.82, 2.24) is 9.62 Å². The van der Waals surface area contributed by atoms with Crippen molar-refractivity contribution in [1.29, 1.82) is 0 Å². The molecule has 0 spiro atoms. The normalized spacial score (nSPS) is 15.6. The lowest BCUT2D eigenvalue weighted by Gasteiger charge is -2.26. The van der Waals surface area contributed by atoms with Gasteiger partial charge in [0.15, 0.2) is 0 Å². The van der Waals surface area contributed by atoms with Crippen molar-refractivity contribution in [2.75, 3.05) is 19.7 Å². The highest BCUT2D eigenvalue weighted by Crippen LogP contribution is 2.23. The molecule has 1 N–H and O–H groups in total. The average Bonchev–Trinajstić information content (AvgIpc) is 2.70. The predicted molar refractivity (Wildman–Crippen MR) is 107 cm³/mol. The van der Waals surface area contributed by atoms with Crippen molar-refractivity contribution in [3.63, 3.8) is 0 Å². The van der Waals surface area contributed by atoms with Crippen molar-refractivity contribution < 1.29 is 13.2 Å². The number of nitrogens with one attached hydrogen (secondary N) is 1. The fraction of sp³-hybridized carbons (Fsp3) is 0.429. The van der Waals surface area contributed by atoms with Crippen LogP contribution in [-0.2, 0) is 23.1 Å². The van der Waals surface area contributed by atoms with Crippen molar-refractivity contribution in [2.45, 2.75) is 44.2 Å². The monoisotopic (exact) mass is 388 g/mol. The van der Waals surface area contributed by atoms with Gasteiger partial charge in [0, 0.05) is 26.2 Å². The molecule has 1 fully saturated rings. The van der Waals surface area contributed by atoms with Crippen LogP contribution in [0.4, 0.5) is 0 Å². The predicted octanol–water partition coefficient (Wildman–Crippen LogP) is 3.55. The maximum absolute atomic E-state index is 13.0. The summed E-state index contributed by atoms with van der Waals surface area (Å²) in [6, 6.07) is 15.2. The molecule has 0 atom stereocenters. The molecule has 0 radical (unpaired) electrons. The second-order valence-corrected chi connectivity index (χ2v) is 8.66. The summed E-state index contributed by atoms with van der Waals surface area (Å²) in [6.45, 7) is 4.99. The zero-order chi connectivity index (χ0) is 19.1. The van der Waals surface area contributed by atoms with Gasteiger partial charge in [-0.3, -0.25) is 0 Å². The summed E-state index contributed by atoms with van der Waals surface area (Å²) in [7, 11) is -3.43. The maximum atomic E-state index is 13.0. The Hall–Kier alpha value is -1.89. The largest absolute Gasteiger partial charge is 0.494 e. The lowest BCUT2D eigenvalue weighted by Crippen LogP contribution is -2.36. The number of benzene rings is 2. The van der Waals surface area contributed by atoms with Gasteiger partial charge >= 0.3 is 0 Å². The molecular formula is C21H28N2O3S. The maximum Gasteiger partial charge on any atom is 0.243 e. The van der Waals surface area contributed by atoms with Crippen LogP contribution in [0.1, 0.15) is 37.3 Å². The highest BCUT2D eigenvalue weighted by atomic mass is 32.2. The molecule has 6 heteroatoms. The first kappa shape index (κ1) is 19.9. The molecule has 3 rings (SSSR count). The van der Waals surface area contributed by atoms with Gasteiger partial charge in [0.05, 0.1) is 11.5 Å². The first-order valence-corrected chi connectivity index (χ1v) is 11.1. The summed E-state index contributed by atoms with van der Waals surface area (Å²) in [5.41, 5.74) is 1.92. The minimum absolute atomic E-state index is 0.419. The molecule has 1 aliphatic heterocycles. The minimum atomic E-state index is -3.43. The molecule has 1 aliphatic rings. The van der Waals surface area contributed by atoms with Gasteiger partial charge in [-0.15, -0.1) is 0 Å². The molecule has 1 saturated heterocycles. The van der Waals surface area contributed by atoms with Crippen molar-refractivity contribution >= 4 is 10.0 Å². The molecule has 2 aromatic carbocycles. The Bertz CT molecular complexity index is 846. The van der Waals surface area contributed by atoms with Crippen LogP contribution in [0, 0.1) is 0 Å². The van der Waals surface area contributed by atoms with Crippen LogP contribution in [0.25, 0.3) is 0 Å². The van der Waals surface area contributed by atoms with Gasteiger partial charge in [-0.2, -0.15) is 4.31 Å². The number of sulfonamides is 1. The summed E-state index contributed by atoms with van der Waals surface area (Å²) >= 11 is 0. The van der Waals surface area contributed by atoms with Gasteiger partial charge in [0.25, 0.3) is 0 Å². The molecule has 1 heterocycles. The summed E-state index contributed by atoms with van der Waals surface area (Å²) in [5.74, 6) is 0.852. The van der Waals surface area contributed by atoms with Crippen LogP contribution >= 0.6 is 0 Å². The van der Waals surface area contributed by atoms with E-state index in [-0.39, 0.29) is 0 Å². The molecule has 0 unspecified atom stereocenters. The van der Waals surface area contributed by atoms with Gasteiger partial charge in [-0.25, -0.2) is 8.42 Å². The Labute approximate surface area is 162 Å². The summed E-state index contributed by atoms with van der Waals surface area (Å²) in [5, 5.41) is 3.36. The van der Waals surface area contributed by atoms with E-state index in [2.05, 4.69) is 5.32 Å². The summed E-state index contributed by atoms with van der Waals surface area (Å²) in [4.78, 5) is 0.419. The van der Waals surface area contributed by atoms with E-state index in [1.807, 2.05) is 43.3 Å². The van der Waals surface area contributed by atoms with Crippen LogP contribution in [0.2, 0.25) is 0 Å². The fourth-order valence-electron chi connectivity index (χ4n) is 3.40. The Balaban J connectivity index is 1.68. The highest BCUT2D eigenvalue weighted by molar-refractivity contribution is 7.89. The molecule has 0 aromatic heterocycles. The summed E-state index contributed by atoms with van der Waals surface area (Å²) < 4.78 is 33.2. The number of hydrogen-bond acceptors (Lipinski definition) is 4. The van der Waals surface area contributed by atoms with E-state index in [0.29, 0.717) is 37.7 Å². The molecular weight excluding hydrogens is 360 g/mol. The van der Waals surface area contributed by atoms with Crippen LogP contribution in [0.5, 0.6) is 5.75 Å². The third-order valence-corrected chi connectivity index (χ3v) is 6.76. The molecule has 27 heavy (non-hydrogen) atoms. The third kappa shape index (κ3) is 5.09. The van der Waals surface area contributed by atoms with Crippen LogP contribution in [0.15, 0.2) is 53.4 Å². The standard InChI is InChI=1S/C21H28N2O3S/c1-2-26-20-11-8-9-18(15-20)16-22-17-19-10-4-5-12-21(19)27(24,25)23-13-6-3-7-14-23/h4-5,8-12,15,22H,2-3,6-7,13-14,16-17H2,1H3. The third-order valence-electron chi connectivity index (χ3n) is 4.76. The number of rotatable bonds is 8. The fourth-order valence-corrected chi connectivity index (χ4v) is 5.14. The second-order valence-electron chi connectivity index (χ2n) is 6.76. The Kier molecular flexibility index (Phi) is 6.88. The molecule has 0 aliphatic carbocycles. The van der Waals surface area contributed by atoms with E-state index < -0.39 is 10.0 Å². The first-order chi connectivity index (χ1) is 13.1. The zero-order valence-electron chi connectivity index (χ0n) is 15.9. The average molecular weight is 389 g/mol. The Morgan fingerprint density at radius 3 is 2.56 bits per heavy atom. The van der Waals surface area contributed by atoms with Crippen molar-refractivity contribution in [3.8, 4) is 5.75 Å². The molecule has 0 bridgehead atoms. The van der Waals surface area contributed by atoms with Crippen molar-refractivity contribution in [3.05, 3.63) is 59.7 Å². The van der Waals surface area contributed by atoms with Gasteiger partial charge in [0.2, 0.25) is 10.0 Å². The van der Waals surface area contributed by atoms with E-state index >= 15 is 0 Å². The molecule has 2 aromatic rings. The van der Waals surface area contributed by atoms with E-state index in [4.69, 9.17) is 4.74 Å². The summed E-state index contributed by atoms with van der Waals surface area (Å²) in [6.07, 6.45) is 2.99. The first-order valence-electron chi connectivity index (χ1n) is 9.62. The quantitative estimate of drug-likeness (QED) is 0.751. The Morgan fingerprint density at radius 1 is 1.00 bits per heavy atom. The van der Waals surface area contributed by atoms with Gasteiger partial charge < -0.3 is 10.1 Å². The smallest absolute Gasteiger partial charge is 0.243 e. The van der Waals surface area contributed by atoms with E-state index in [1.165, 1.54) is 0 Å². The molecule has 0 saturated carbocycles. The van der Waals surface area contributed by atoms with Crippen LogP contribution in [-0.4, -0.2) is 32.4 Å². The SMILES string of the molecule is CCOc1cccc(CNCc2ccccc2S(=O)(=O)N2CCCCC2)c1. The number of ether oxygens (including phenoxy) is 1. The highest BCUT2D eigenvalue weighted by Gasteiger charge is 2.27. The van der Waals surface area contributed by atoms with E-state index in [1.54, 1.807) is 16.4 Å². The molecule has 146 valence electrons. The zero-order valence-corrected chi connectivity index (χ0v) is 16.7. The lowest BCUT2D eigenvalue weighted by atomic mass is 10.2. The van der Waals surface area contributed by atoms with Crippen molar-refractivity contribution in [2.24, 2.45) is 0 Å². The lowest BCUT2D eigenvalue weighted by molar-refractivity contribution is 0.340. The number of hydrogen-bond donors (Lipinski definition) is 1. The van der Waals surface area contributed by atoms with E-state index in [0.717, 1.165) is 36.1 Å². The minimum Gasteiger partial charge on any atom is -0.494 e. The molecule has 0 amide bonds. The van der Waals surface area contributed by atoms with Crippen LogP contribution in [0.3, 0.4) is 0 Å².